The van der Waals surface area contributed by atoms with Crippen molar-refractivity contribution in [3.8, 4) is 5.75 Å². The van der Waals surface area contributed by atoms with E-state index in [9.17, 15) is 13.2 Å². The van der Waals surface area contributed by atoms with E-state index in [0.717, 1.165) is 0 Å². The molecule has 1 aromatic carbocycles. The van der Waals surface area contributed by atoms with E-state index in [2.05, 4.69) is 9.50 Å². The van der Waals surface area contributed by atoms with Crippen molar-refractivity contribution in [3.05, 3.63) is 23.2 Å². The van der Waals surface area contributed by atoms with Crippen LogP contribution in [0.1, 0.15) is 20.8 Å². The molecule has 20 heavy (non-hydrogen) atoms. The lowest BCUT2D eigenvalue weighted by Gasteiger charge is -2.20. The number of carbonyl (C=O) groups excluding carboxylic acids is 1. The molecule has 0 aliphatic rings. The number of carbonyl (C=O) groups is 1. The molecule has 0 aliphatic carbocycles. The second-order valence-corrected chi connectivity index (χ2v) is 6.40. The average molecular weight is 323 g/mol. The van der Waals surface area contributed by atoms with Gasteiger partial charge >= 0.3 is 16.4 Å². The number of nitrogens with two attached hydrogens (primary N) is 1. The van der Waals surface area contributed by atoms with Gasteiger partial charge in [-0.2, -0.15) is 13.6 Å². The minimum absolute atomic E-state index is 0.0806. The van der Waals surface area contributed by atoms with Gasteiger partial charge in [0.1, 0.15) is 11.4 Å². The molecular formula is C11H15ClN2O5S. The Morgan fingerprint density at radius 2 is 1.95 bits per heavy atom. The van der Waals surface area contributed by atoms with Gasteiger partial charge in [0.05, 0.1) is 10.7 Å². The summed E-state index contributed by atoms with van der Waals surface area (Å²) in [6, 6.07) is 3.87. The maximum atomic E-state index is 11.6. The SMILES string of the molecule is CC(C)(C)OC(=O)Nc1cc(OS(N)(=O)=O)ccc1Cl. The molecule has 7 nitrogen and oxygen atoms in total. The normalized spacial score (nSPS) is 11.8. The highest BCUT2D eigenvalue weighted by molar-refractivity contribution is 7.84. The van der Waals surface area contributed by atoms with Crippen LogP contribution in [0.4, 0.5) is 10.5 Å². The zero-order valence-electron chi connectivity index (χ0n) is 11.1. The first-order valence-electron chi connectivity index (χ1n) is 5.48. The molecule has 0 bridgehead atoms. The Morgan fingerprint density at radius 1 is 1.35 bits per heavy atom. The van der Waals surface area contributed by atoms with Crippen molar-refractivity contribution in [2.45, 2.75) is 26.4 Å². The Labute approximate surface area is 122 Å². The summed E-state index contributed by atoms with van der Waals surface area (Å²) < 4.78 is 31.2. The largest absolute Gasteiger partial charge is 0.444 e. The molecule has 3 N–H and O–H groups in total. The summed E-state index contributed by atoms with van der Waals surface area (Å²) in [6.07, 6.45) is -0.729. The van der Waals surface area contributed by atoms with Crippen molar-refractivity contribution >= 4 is 33.7 Å². The van der Waals surface area contributed by atoms with Gasteiger partial charge in [-0.1, -0.05) is 11.6 Å². The summed E-state index contributed by atoms with van der Waals surface area (Å²) in [5.74, 6) is -0.0806. The van der Waals surface area contributed by atoms with Crippen LogP contribution >= 0.6 is 11.6 Å². The Hall–Kier alpha value is -1.51. The molecule has 0 aromatic heterocycles. The van der Waals surface area contributed by atoms with Crippen LogP contribution < -0.4 is 14.6 Å². The Kier molecular flexibility index (Phi) is 4.85. The molecule has 0 fully saturated rings. The van der Waals surface area contributed by atoms with E-state index in [-0.39, 0.29) is 16.5 Å². The molecule has 0 radical (unpaired) electrons. The van der Waals surface area contributed by atoms with Crippen LogP contribution in [0.25, 0.3) is 0 Å². The van der Waals surface area contributed by atoms with Crippen LogP contribution in [0.5, 0.6) is 5.75 Å². The van der Waals surface area contributed by atoms with Gasteiger partial charge < -0.3 is 8.92 Å². The molecule has 1 amide bonds. The first kappa shape index (κ1) is 16.5. The van der Waals surface area contributed by atoms with Gasteiger partial charge in [-0.3, -0.25) is 5.32 Å². The highest BCUT2D eigenvalue weighted by Gasteiger charge is 2.17. The Balaban J connectivity index is 2.90. The number of anilines is 1. The number of hydrogen-bond donors (Lipinski definition) is 2. The van der Waals surface area contributed by atoms with Crippen LogP contribution in [-0.2, 0) is 15.0 Å². The summed E-state index contributed by atoms with van der Waals surface area (Å²) in [6.45, 7) is 5.11. The maximum Gasteiger partial charge on any atom is 0.412 e. The van der Waals surface area contributed by atoms with Crippen LogP contribution in [0, 0.1) is 0 Å². The zero-order valence-corrected chi connectivity index (χ0v) is 12.7. The number of rotatable bonds is 3. The third-order valence-electron chi connectivity index (χ3n) is 1.79. The highest BCUT2D eigenvalue weighted by Crippen LogP contribution is 2.27. The second kappa shape index (κ2) is 5.86. The molecule has 9 heteroatoms. The number of halogens is 1. The maximum absolute atomic E-state index is 11.6. The van der Waals surface area contributed by atoms with Crippen LogP contribution in [0.2, 0.25) is 5.02 Å². The predicted molar refractivity (Wildman–Crippen MR) is 75.0 cm³/mol. The third-order valence-corrected chi connectivity index (χ3v) is 2.54. The van der Waals surface area contributed by atoms with Crippen molar-refractivity contribution in [1.82, 2.24) is 0 Å². The quantitative estimate of drug-likeness (QED) is 0.887. The molecule has 112 valence electrons. The van der Waals surface area contributed by atoms with Gasteiger partial charge in [0.15, 0.2) is 0 Å². The van der Waals surface area contributed by atoms with Crippen LogP contribution in [-0.4, -0.2) is 20.1 Å². The molecule has 0 saturated carbocycles. The third kappa shape index (κ3) is 6.09. The van der Waals surface area contributed by atoms with Crippen molar-refractivity contribution < 1.29 is 22.1 Å². The molecular weight excluding hydrogens is 308 g/mol. The zero-order chi connectivity index (χ0) is 15.6. The lowest BCUT2D eigenvalue weighted by atomic mass is 10.2. The van der Waals surface area contributed by atoms with Crippen molar-refractivity contribution in [3.63, 3.8) is 0 Å². The number of benzene rings is 1. The molecule has 0 spiro atoms. The molecule has 1 aromatic rings. The van der Waals surface area contributed by atoms with E-state index in [4.69, 9.17) is 21.5 Å². The predicted octanol–water partition coefficient (Wildman–Crippen LogP) is 2.27. The van der Waals surface area contributed by atoms with E-state index in [1.807, 2.05) is 0 Å². The van der Waals surface area contributed by atoms with E-state index in [0.29, 0.717) is 0 Å². The summed E-state index contributed by atoms with van der Waals surface area (Å²) in [4.78, 5) is 11.6. The summed E-state index contributed by atoms with van der Waals surface area (Å²) >= 11 is 5.88. The minimum atomic E-state index is -4.15. The topological polar surface area (TPSA) is 108 Å². The minimum Gasteiger partial charge on any atom is -0.444 e. The number of nitrogens with one attached hydrogen (secondary N) is 1. The lowest BCUT2D eigenvalue weighted by Crippen LogP contribution is -2.27. The molecule has 1 rings (SSSR count). The summed E-state index contributed by atoms with van der Waals surface area (Å²) in [5.41, 5.74) is -0.535. The van der Waals surface area contributed by atoms with Crippen molar-refractivity contribution in [2.24, 2.45) is 5.14 Å². The lowest BCUT2D eigenvalue weighted by molar-refractivity contribution is 0.0636. The van der Waals surface area contributed by atoms with E-state index in [1.54, 1.807) is 20.8 Å². The van der Waals surface area contributed by atoms with Gasteiger partial charge in [0.25, 0.3) is 0 Å². The number of ether oxygens (including phenoxy) is 1. The standard InChI is InChI=1S/C11H15ClN2O5S/c1-11(2,3)18-10(15)14-9-6-7(4-5-8(9)12)19-20(13,16)17/h4-6H,1-3H3,(H,14,15)(H2,13,16,17). The Bertz CT molecular complexity index is 610. The highest BCUT2D eigenvalue weighted by atomic mass is 35.5. The number of amides is 1. The summed E-state index contributed by atoms with van der Waals surface area (Å²) in [5, 5.41) is 7.32. The first-order chi connectivity index (χ1) is 8.96. The smallest absolute Gasteiger partial charge is 0.412 e. The van der Waals surface area contributed by atoms with Crippen molar-refractivity contribution in [2.75, 3.05) is 5.32 Å². The molecule has 0 unspecified atom stereocenters. The Morgan fingerprint density at radius 3 is 2.45 bits per heavy atom. The fourth-order valence-corrected chi connectivity index (χ4v) is 1.74. The van der Waals surface area contributed by atoms with Crippen molar-refractivity contribution in [1.29, 1.82) is 0 Å². The van der Waals surface area contributed by atoms with Gasteiger partial charge in [0.2, 0.25) is 0 Å². The van der Waals surface area contributed by atoms with E-state index in [1.165, 1.54) is 18.2 Å². The molecule has 0 atom stereocenters. The van der Waals surface area contributed by atoms with Gasteiger partial charge in [-0.15, -0.1) is 0 Å². The monoisotopic (exact) mass is 322 g/mol. The first-order valence-corrected chi connectivity index (χ1v) is 7.33. The fourth-order valence-electron chi connectivity index (χ4n) is 1.20. The average Bonchev–Trinajstić information content (AvgIpc) is 2.18. The van der Waals surface area contributed by atoms with Gasteiger partial charge in [-0.05, 0) is 32.9 Å². The molecule has 0 heterocycles. The molecule has 0 saturated heterocycles. The van der Waals surface area contributed by atoms with E-state index < -0.39 is 22.0 Å². The van der Waals surface area contributed by atoms with Gasteiger partial charge in [-0.25, -0.2) is 4.79 Å². The fraction of sp³-hybridized carbons (Fsp3) is 0.364. The van der Waals surface area contributed by atoms with Gasteiger partial charge in [0, 0.05) is 6.07 Å². The summed E-state index contributed by atoms with van der Waals surface area (Å²) in [7, 11) is -4.15. The van der Waals surface area contributed by atoms with E-state index >= 15 is 0 Å². The number of hydrogen-bond acceptors (Lipinski definition) is 5. The second-order valence-electron chi connectivity index (χ2n) is 4.84. The van der Waals surface area contributed by atoms with Crippen LogP contribution in [0.15, 0.2) is 18.2 Å². The van der Waals surface area contributed by atoms with Crippen LogP contribution in [0.3, 0.4) is 0 Å². The molecule has 0 aliphatic heterocycles.